The van der Waals surface area contributed by atoms with Crippen LogP contribution in [0.3, 0.4) is 0 Å². The van der Waals surface area contributed by atoms with Gasteiger partial charge in [-0.3, -0.25) is 9.59 Å². The molecular weight excluding hydrogens is 983 g/mol. The Labute approximate surface area is 485 Å². The lowest BCUT2D eigenvalue weighted by molar-refractivity contribution is -0.870. The topological polar surface area (TPSA) is 111 Å². The van der Waals surface area contributed by atoms with Crippen molar-refractivity contribution in [1.29, 1.82) is 0 Å². The van der Waals surface area contributed by atoms with Crippen molar-refractivity contribution in [2.45, 2.75) is 257 Å². The first kappa shape index (κ1) is 74.7. The van der Waals surface area contributed by atoms with Gasteiger partial charge in [0.2, 0.25) is 0 Å². The van der Waals surface area contributed by atoms with Crippen molar-refractivity contribution >= 4 is 17.9 Å². The number of likely N-dealkylation sites (N-methyl/N-ethyl adjacent to an activating group) is 1. The van der Waals surface area contributed by atoms with Crippen molar-refractivity contribution < 1.29 is 42.9 Å². The average Bonchev–Trinajstić information content (AvgIpc) is 3.42. The predicted molar refractivity (Wildman–Crippen MR) is 333 cm³/mol. The number of hydrogen-bond donors (Lipinski definition) is 0. The van der Waals surface area contributed by atoms with Crippen molar-refractivity contribution in [2.75, 3.05) is 47.5 Å². The zero-order valence-corrected chi connectivity index (χ0v) is 51.2. The molecule has 0 aliphatic rings. The number of nitrogens with zero attached hydrogens (tertiary/aromatic N) is 1. The Morgan fingerprint density at radius 2 is 0.722 bits per heavy atom. The van der Waals surface area contributed by atoms with Crippen molar-refractivity contribution in [3.05, 3.63) is 122 Å². The minimum absolute atomic E-state index is 0.137. The van der Waals surface area contributed by atoms with Crippen LogP contribution in [0.25, 0.3) is 0 Å². The van der Waals surface area contributed by atoms with E-state index in [1.165, 1.54) is 103 Å². The lowest BCUT2D eigenvalue weighted by Gasteiger charge is -2.26. The van der Waals surface area contributed by atoms with Crippen LogP contribution in [0.1, 0.15) is 245 Å². The molecule has 79 heavy (non-hydrogen) atoms. The average molecular weight is 1100 g/mol. The Bertz CT molecular complexity index is 1710. The van der Waals surface area contributed by atoms with Gasteiger partial charge in [0.25, 0.3) is 0 Å². The Morgan fingerprint density at radius 3 is 1.08 bits per heavy atom. The Morgan fingerprint density at radius 1 is 0.392 bits per heavy atom. The summed E-state index contributed by atoms with van der Waals surface area (Å²) in [6.07, 6.45) is 81.1. The van der Waals surface area contributed by atoms with Crippen molar-refractivity contribution in [3.63, 3.8) is 0 Å². The third-order valence-corrected chi connectivity index (χ3v) is 13.2. The van der Waals surface area contributed by atoms with E-state index in [4.69, 9.17) is 18.9 Å². The molecular formula is C70H117NO8. The van der Waals surface area contributed by atoms with E-state index in [1.54, 1.807) is 0 Å². The number of carbonyl (C=O) groups is 3. The van der Waals surface area contributed by atoms with Gasteiger partial charge in [-0.15, -0.1) is 0 Å². The molecule has 450 valence electrons. The molecule has 0 rings (SSSR count). The van der Waals surface area contributed by atoms with Gasteiger partial charge in [-0.1, -0.05) is 264 Å². The van der Waals surface area contributed by atoms with E-state index in [2.05, 4.69) is 135 Å². The van der Waals surface area contributed by atoms with Crippen LogP contribution >= 0.6 is 0 Å². The maximum Gasteiger partial charge on any atom is 0.306 e. The first-order valence-corrected chi connectivity index (χ1v) is 31.7. The monoisotopic (exact) mass is 1100 g/mol. The van der Waals surface area contributed by atoms with Gasteiger partial charge in [0.1, 0.15) is 13.2 Å². The molecule has 0 radical (unpaired) electrons. The summed E-state index contributed by atoms with van der Waals surface area (Å²) in [5, 5.41) is 11.8. The second kappa shape index (κ2) is 59.8. The van der Waals surface area contributed by atoms with Crippen LogP contribution in [0.15, 0.2) is 122 Å². The minimum atomic E-state index is -1.63. The van der Waals surface area contributed by atoms with Gasteiger partial charge >= 0.3 is 11.9 Å². The fourth-order valence-electron chi connectivity index (χ4n) is 8.39. The van der Waals surface area contributed by atoms with Crippen LogP contribution < -0.4 is 5.11 Å². The summed E-state index contributed by atoms with van der Waals surface area (Å²) in [6, 6.07) is 0. The van der Waals surface area contributed by atoms with Gasteiger partial charge < -0.3 is 33.3 Å². The standard InChI is InChI=1S/C70H117NO8/c1-6-8-10-12-14-16-18-20-22-24-26-27-28-29-30-31-32-33-34-35-36-37-38-39-40-41-43-45-47-49-51-53-55-57-59-61-68(73)79-66(65-78-70(69(74)75)76-63-62-71(3,4)5)64-77-67(72)60-58-56-54-52-50-48-46-44-42-25-23-21-19-17-15-13-11-9-7-2/h8,10,14,16,20,22,26-27,29-30,32-33,35-36,38-39,41,43,47,49,66,70H,6-7,9,11-13,15,17-19,21,23-25,28,31,34,37,40,42,44-46,48,50-65H2,1-5H3/b10-8-,16-14-,22-20-,27-26-,30-29-,33-32-,36-35-,39-38-,43-41-,49-47-. The first-order chi connectivity index (χ1) is 38.6. The number of allylic oxidation sites excluding steroid dienone is 20. The molecule has 0 N–H and O–H groups in total. The van der Waals surface area contributed by atoms with E-state index in [-0.39, 0.29) is 38.6 Å². The van der Waals surface area contributed by atoms with Gasteiger partial charge in [-0.2, -0.15) is 0 Å². The number of hydrogen-bond acceptors (Lipinski definition) is 8. The second-order valence-electron chi connectivity index (χ2n) is 22.0. The molecule has 0 saturated heterocycles. The molecule has 0 fully saturated rings. The molecule has 0 aromatic carbocycles. The second-order valence-corrected chi connectivity index (χ2v) is 22.0. The van der Waals surface area contributed by atoms with E-state index >= 15 is 0 Å². The highest BCUT2D eigenvalue weighted by atomic mass is 16.7. The summed E-state index contributed by atoms with van der Waals surface area (Å²) in [6.45, 7) is 4.61. The molecule has 0 aliphatic heterocycles. The molecule has 0 saturated carbocycles. The summed E-state index contributed by atoms with van der Waals surface area (Å²) in [4.78, 5) is 37.4. The zero-order valence-electron chi connectivity index (χ0n) is 51.2. The minimum Gasteiger partial charge on any atom is -0.545 e. The number of rotatable bonds is 57. The fraction of sp³-hybridized carbons (Fsp3) is 0.671. The van der Waals surface area contributed by atoms with E-state index < -0.39 is 24.3 Å². The number of aliphatic carboxylic acids is 1. The Hall–Kier alpha value is -4.31. The maximum atomic E-state index is 12.9. The van der Waals surface area contributed by atoms with E-state index in [1.807, 2.05) is 21.1 Å². The Balaban J connectivity index is 4.28. The molecule has 9 heteroatoms. The predicted octanol–water partition coefficient (Wildman–Crippen LogP) is 17.9. The highest BCUT2D eigenvalue weighted by Gasteiger charge is 2.22. The van der Waals surface area contributed by atoms with Crippen LogP contribution in [0.2, 0.25) is 0 Å². The molecule has 9 nitrogen and oxygen atoms in total. The first-order valence-electron chi connectivity index (χ1n) is 31.7. The van der Waals surface area contributed by atoms with E-state index in [0.717, 1.165) is 109 Å². The molecule has 0 aromatic rings. The number of carboxylic acids is 1. The number of esters is 2. The van der Waals surface area contributed by atoms with Crippen LogP contribution in [0.5, 0.6) is 0 Å². The summed E-state index contributed by atoms with van der Waals surface area (Å²) < 4.78 is 22.7. The zero-order chi connectivity index (χ0) is 57.6. The molecule has 2 atom stereocenters. The lowest BCUT2D eigenvalue weighted by atomic mass is 10.0. The number of carbonyl (C=O) groups excluding carboxylic acids is 3. The molecule has 0 bridgehead atoms. The molecule has 0 aliphatic carbocycles. The number of carboxylic acid groups (broad SMARTS) is 1. The normalized spacial score (nSPS) is 13.6. The number of ether oxygens (including phenoxy) is 4. The lowest BCUT2D eigenvalue weighted by Crippen LogP contribution is -2.44. The quantitative estimate of drug-likeness (QED) is 0.0195. The van der Waals surface area contributed by atoms with E-state index in [0.29, 0.717) is 17.4 Å². The number of quaternary nitrogens is 1. The smallest absolute Gasteiger partial charge is 0.306 e. The Kier molecular flexibility index (Phi) is 56.5. The molecule has 0 spiro atoms. The van der Waals surface area contributed by atoms with Gasteiger partial charge in [-0.05, 0) is 89.9 Å². The van der Waals surface area contributed by atoms with Crippen molar-refractivity contribution in [1.82, 2.24) is 0 Å². The van der Waals surface area contributed by atoms with Gasteiger partial charge in [0.05, 0.1) is 40.3 Å². The van der Waals surface area contributed by atoms with Gasteiger partial charge in [0, 0.05) is 12.8 Å². The summed E-state index contributed by atoms with van der Waals surface area (Å²) >= 11 is 0. The molecule has 0 heterocycles. The van der Waals surface area contributed by atoms with E-state index in [9.17, 15) is 19.5 Å². The van der Waals surface area contributed by atoms with Crippen molar-refractivity contribution in [3.8, 4) is 0 Å². The van der Waals surface area contributed by atoms with Gasteiger partial charge in [-0.25, -0.2) is 0 Å². The molecule has 0 aromatic heterocycles. The SMILES string of the molecule is CC/C=C\C/C=C\C/C=C\C/C=C\C/C=C\C/C=C\C/C=C\C/C=C\C/C=C\C/C=C\CCCCCCC(=O)OC(COC(=O)CCCCCCCCCCCCCCCCCCCCC)COC(OCC[N+](C)(C)C)C(=O)[O-]. The fourth-order valence-corrected chi connectivity index (χ4v) is 8.39. The summed E-state index contributed by atoms with van der Waals surface area (Å²) in [5.74, 6) is -2.32. The third kappa shape index (κ3) is 61.2. The van der Waals surface area contributed by atoms with Crippen LogP contribution in [-0.4, -0.2) is 82.3 Å². The maximum absolute atomic E-state index is 12.9. The van der Waals surface area contributed by atoms with Gasteiger partial charge in [0.15, 0.2) is 12.4 Å². The summed E-state index contributed by atoms with van der Waals surface area (Å²) in [7, 11) is 5.91. The van der Waals surface area contributed by atoms with Crippen LogP contribution in [-0.2, 0) is 33.3 Å². The van der Waals surface area contributed by atoms with Crippen LogP contribution in [0.4, 0.5) is 0 Å². The highest BCUT2D eigenvalue weighted by molar-refractivity contribution is 5.70. The summed E-state index contributed by atoms with van der Waals surface area (Å²) in [5.41, 5.74) is 0. The van der Waals surface area contributed by atoms with Crippen molar-refractivity contribution in [2.24, 2.45) is 0 Å². The molecule has 2 unspecified atom stereocenters. The van der Waals surface area contributed by atoms with Crippen LogP contribution in [0, 0.1) is 0 Å². The molecule has 0 amide bonds. The third-order valence-electron chi connectivity index (χ3n) is 13.2. The largest absolute Gasteiger partial charge is 0.545 e. The highest BCUT2D eigenvalue weighted by Crippen LogP contribution is 2.16. The number of unbranched alkanes of at least 4 members (excludes halogenated alkanes) is 22.